The number of likely N-dealkylation sites (tertiary alicyclic amines) is 1. The van der Waals surface area contributed by atoms with Crippen LogP contribution in [0.1, 0.15) is 30.4 Å². The van der Waals surface area contributed by atoms with Crippen molar-refractivity contribution in [2.45, 2.75) is 32.2 Å². The lowest BCUT2D eigenvalue weighted by atomic mass is 10.0. The molecule has 0 radical (unpaired) electrons. The summed E-state index contributed by atoms with van der Waals surface area (Å²) in [6, 6.07) is 8.01. The summed E-state index contributed by atoms with van der Waals surface area (Å²) in [6.07, 6.45) is 4.49. The topological polar surface area (TPSA) is 46.3 Å². The number of hydrogen-bond acceptors (Lipinski definition) is 2. The SMILES string of the molecule is NCc1ccccc1CC(=O)N1CC2CCCC2C1. The summed E-state index contributed by atoms with van der Waals surface area (Å²) in [7, 11) is 0. The average molecular weight is 258 g/mol. The van der Waals surface area contributed by atoms with Crippen LogP contribution < -0.4 is 5.73 Å². The second kappa shape index (κ2) is 5.33. The minimum absolute atomic E-state index is 0.273. The molecule has 2 N–H and O–H groups in total. The van der Waals surface area contributed by atoms with Crippen LogP contribution in [0.3, 0.4) is 0 Å². The van der Waals surface area contributed by atoms with Gasteiger partial charge >= 0.3 is 0 Å². The van der Waals surface area contributed by atoms with E-state index >= 15 is 0 Å². The van der Waals surface area contributed by atoms with Gasteiger partial charge in [0.25, 0.3) is 0 Å². The minimum atomic E-state index is 0.273. The molecular weight excluding hydrogens is 236 g/mol. The molecule has 2 aliphatic rings. The maximum absolute atomic E-state index is 12.4. The van der Waals surface area contributed by atoms with Crippen LogP contribution in [0.5, 0.6) is 0 Å². The number of carbonyl (C=O) groups is 1. The molecule has 2 unspecified atom stereocenters. The molecule has 0 aromatic heterocycles. The van der Waals surface area contributed by atoms with Gasteiger partial charge in [0.05, 0.1) is 6.42 Å². The second-order valence-corrected chi connectivity index (χ2v) is 5.90. The van der Waals surface area contributed by atoms with Gasteiger partial charge in [0, 0.05) is 19.6 Å². The molecule has 3 nitrogen and oxygen atoms in total. The fraction of sp³-hybridized carbons (Fsp3) is 0.562. The Hall–Kier alpha value is -1.35. The van der Waals surface area contributed by atoms with Gasteiger partial charge in [-0.05, 0) is 35.8 Å². The van der Waals surface area contributed by atoms with Crippen LogP contribution in [0.4, 0.5) is 0 Å². The van der Waals surface area contributed by atoms with E-state index in [2.05, 4.69) is 4.90 Å². The summed E-state index contributed by atoms with van der Waals surface area (Å²) >= 11 is 0. The number of nitrogens with zero attached hydrogens (tertiary/aromatic N) is 1. The molecule has 0 spiro atoms. The van der Waals surface area contributed by atoms with Crippen molar-refractivity contribution in [1.82, 2.24) is 4.90 Å². The van der Waals surface area contributed by atoms with E-state index in [-0.39, 0.29) is 5.91 Å². The molecule has 1 amide bonds. The molecule has 1 aromatic carbocycles. The molecule has 1 saturated carbocycles. The molecule has 1 aliphatic heterocycles. The van der Waals surface area contributed by atoms with Crippen molar-refractivity contribution in [1.29, 1.82) is 0 Å². The van der Waals surface area contributed by atoms with Gasteiger partial charge in [0.2, 0.25) is 5.91 Å². The summed E-state index contributed by atoms with van der Waals surface area (Å²) in [5, 5.41) is 0. The molecule has 2 atom stereocenters. The zero-order valence-electron chi connectivity index (χ0n) is 11.3. The molecule has 2 fully saturated rings. The highest BCUT2D eigenvalue weighted by atomic mass is 16.2. The van der Waals surface area contributed by atoms with Gasteiger partial charge in [0.15, 0.2) is 0 Å². The Labute approximate surface area is 114 Å². The van der Waals surface area contributed by atoms with Crippen molar-refractivity contribution in [3.8, 4) is 0 Å². The van der Waals surface area contributed by atoms with Crippen LogP contribution in [-0.2, 0) is 17.8 Å². The van der Waals surface area contributed by atoms with Crippen molar-refractivity contribution in [2.24, 2.45) is 17.6 Å². The maximum atomic E-state index is 12.4. The molecule has 102 valence electrons. The minimum Gasteiger partial charge on any atom is -0.342 e. The van der Waals surface area contributed by atoms with Crippen molar-refractivity contribution in [3.05, 3.63) is 35.4 Å². The highest BCUT2D eigenvalue weighted by Crippen LogP contribution is 2.37. The summed E-state index contributed by atoms with van der Waals surface area (Å²) < 4.78 is 0. The Morgan fingerprint density at radius 1 is 1.16 bits per heavy atom. The van der Waals surface area contributed by atoms with Crippen LogP contribution in [0.2, 0.25) is 0 Å². The fourth-order valence-corrected chi connectivity index (χ4v) is 3.64. The van der Waals surface area contributed by atoms with Gasteiger partial charge in [-0.1, -0.05) is 30.7 Å². The van der Waals surface area contributed by atoms with Gasteiger partial charge in [-0.15, -0.1) is 0 Å². The largest absolute Gasteiger partial charge is 0.342 e. The predicted octanol–water partition coefficient (Wildman–Crippen LogP) is 1.95. The van der Waals surface area contributed by atoms with Gasteiger partial charge in [-0.2, -0.15) is 0 Å². The number of amides is 1. The van der Waals surface area contributed by atoms with Crippen molar-refractivity contribution in [2.75, 3.05) is 13.1 Å². The Morgan fingerprint density at radius 2 is 1.79 bits per heavy atom. The quantitative estimate of drug-likeness (QED) is 0.900. The van der Waals surface area contributed by atoms with Crippen LogP contribution in [0, 0.1) is 11.8 Å². The van der Waals surface area contributed by atoms with E-state index < -0.39 is 0 Å². The van der Waals surface area contributed by atoms with E-state index in [0.29, 0.717) is 13.0 Å². The number of fused-ring (bicyclic) bond motifs is 1. The molecule has 1 aromatic rings. The molecule has 19 heavy (non-hydrogen) atoms. The summed E-state index contributed by atoms with van der Waals surface area (Å²) in [6.45, 7) is 2.47. The first-order valence-electron chi connectivity index (χ1n) is 7.32. The van der Waals surface area contributed by atoms with Gasteiger partial charge in [-0.25, -0.2) is 0 Å². The first kappa shape index (κ1) is 12.7. The number of hydrogen-bond donors (Lipinski definition) is 1. The number of benzene rings is 1. The molecule has 0 bridgehead atoms. The third-order valence-electron chi connectivity index (χ3n) is 4.76. The van der Waals surface area contributed by atoms with Crippen LogP contribution in [0.15, 0.2) is 24.3 Å². The molecular formula is C16H22N2O. The van der Waals surface area contributed by atoms with E-state index in [0.717, 1.165) is 36.1 Å². The lowest BCUT2D eigenvalue weighted by molar-refractivity contribution is -0.129. The fourth-order valence-electron chi connectivity index (χ4n) is 3.64. The summed E-state index contributed by atoms with van der Waals surface area (Å²) in [5.41, 5.74) is 7.91. The zero-order valence-corrected chi connectivity index (χ0v) is 11.3. The van der Waals surface area contributed by atoms with Crippen LogP contribution >= 0.6 is 0 Å². The first-order valence-corrected chi connectivity index (χ1v) is 7.32. The highest BCUT2D eigenvalue weighted by molar-refractivity contribution is 5.79. The third kappa shape index (κ3) is 2.52. The van der Waals surface area contributed by atoms with E-state index in [1.807, 2.05) is 24.3 Å². The standard InChI is InChI=1S/C16H22N2O/c17-9-13-5-2-1-4-12(13)8-16(19)18-10-14-6-3-7-15(14)11-18/h1-2,4-5,14-15H,3,6-11,17H2. The van der Waals surface area contributed by atoms with Gasteiger partial charge in [-0.3, -0.25) is 4.79 Å². The van der Waals surface area contributed by atoms with Gasteiger partial charge in [0.1, 0.15) is 0 Å². The summed E-state index contributed by atoms with van der Waals surface area (Å²) in [4.78, 5) is 14.5. The normalized spacial score (nSPS) is 25.6. The summed E-state index contributed by atoms with van der Waals surface area (Å²) in [5.74, 6) is 1.82. The first-order chi connectivity index (χ1) is 9.28. The number of rotatable bonds is 3. The molecule has 1 heterocycles. The molecule has 1 aliphatic carbocycles. The van der Waals surface area contributed by atoms with E-state index in [4.69, 9.17) is 5.73 Å². The van der Waals surface area contributed by atoms with Gasteiger partial charge < -0.3 is 10.6 Å². The Bertz CT molecular complexity index is 460. The van der Waals surface area contributed by atoms with Crippen LogP contribution in [0.25, 0.3) is 0 Å². The van der Waals surface area contributed by atoms with Crippen molar-refractivity contribution in [3.63, 3.8) is 0 Å². The van der Waals surface area contributed by atoms with E-state index in [1.54, 1.807) is 0 Å². The Balaban J connectivity index is 1.65. The van der Waals surface area contributed by atoms with Crippen LogP contribution in [-0.4, -0.2) is 23.9 Å². The smallest absolute Gasteiger partial charge is 0.227 e. The lowest BCUT2D eigenvalue weighted by Crippen LogP contribution is -2.31. The highest BCUT2D eigenvalue weighted by Gasteiger charge is 2.37. The second-order valence-electron chi connectivity index (χ2n) is 5.90. The number of nitrogens with two attached hydrogens (primary N) is 1. The predicted molar refractivity (Wildman–Crippen MR) is 75.4 cm³/mol. The molecule has 3 heteroatoms. The Morgan fingerprint density at radius 3 is 2.42 bits per heavy atom. The lowest BCUT2D eigenvalue weighted by Gasteiger charge is -2.18. The van der Waals surface area contributed by atoms with Crippen molar-refractivity contribution >= 4 is 5.91 Å². The molecule has 3 rings (SSSR count). The van der Waals surface area contributed by atoms with E-state index in [9.17, 15) is 4.79 Å². The monoisotopic (exact) mass is 258 g/mol. The molecule has 1 saturated heterocycles. The zero-order chi connectivity index (χ0) is 13.2. The number of carbonyl (C=O) groups excluding carboxylic acids is 1. The maximum Gasteiger partial charge on any atom is 0.227 e. The third-order valence-corrected chi connectivity index (χ3v) is 4.76. The van der Waals surface area contributed by atoms with Crippen molar-refractivity contribution < 1.29 is 4.79 Å². The van der Waals surface area contributed by atoms with E-state index in [1.165, 1.54) is 19.3 Å². The average Bonchev–Trinajstić information content (AvgIpc) is 3.00. The Kier molecular flexibility index (Phi) is 3.56.